The van der Waals surface area contributed by atoms with Gasteiger partial charge in [0.05, 0.1) is 54.3 Å². The Morgan fingerprint density at radius 2 is 1.67 bits per heavy atom. The molecule has 1 atom stereocenters. The van der Waals surface area contributed by atoms with Crippen molar-refractivity contribution < 1.29 is 28.9 Å². The minimum absolute atomic E-state index is 0.0494. The van der Waals surface area contributed by atoms with E-state index in [0.717, 1.165) is 31.6 Å². The first-order chi connectivity index (χ1) is 24.7. The fourth-order valence-corrected chi connectivity index (χ4v) is 7.19. The molecular weight excluding hydrogens is 652 g/mol. The molecule has 1 saturated heterocycles. The number of hydrogen-bond acceptors (Lipinski definition) is 10. The Morgan fingerprint density at radius 3 is 2.39 bits per heavy atom. The predicted octanol–water partition coefficient (Wildman–Crippen LogP) is 3.84. The van der Waals surface area contributed by atoms with Gasteiger partial charge in [-0.15, -0.1) is 0 Å². The van der Waals surface area contributed by atoms with Crippen LogP contribution in [0.25, 0.3) is 11.3 Å². The molecule has 0 saturated carbocycles. The zero-order valence-electron chi connectivity index (χ0n) is 28.7. The molecule has 0 radical (unpaired) electrons. The van der Waals surface area contributed by atoms with E-state index in [0.29, 0.717) is 70.7 Å². The van der Waals surface area contributed by atoms with E-state index < -0.39 is 6.01 Å². The van der Waals surface area contributed by atoms with Crippen molar-refractivity contribution in [3.05, 3.63) is 95.2 Å². The standard InChI is InChI=1S/C37H38N8O6/c1-23-29(36(47)45(28-18-40-41(2)20-28)27-16-38-37(48)39-17-27)13-32(42(23)3)30-14-33-34(51-22-50-33)15-31(30)35(46)44-19-25-7-5-4-6-24(25)12-26(44)21-43-8-10-49-11-9-43/h4-7,13-18,20,26H,8-12,19,21-22H2,1-3H3,(H,38,39,48)/t26-/m0/s1. The largest absolute Gasteiger partial charge is 0.479 e. The van der Waals surface area contributed by atoms with E-state index in [-0.39, 0.29) is 24.6 Å². The van der Waals surface area contributed by atoms with Crippen LogP contribution < -0.4 is 14.4 Å². The van der Waals surface area contributed by atoms with Crippen molar-refractivity contribution in [3.63, 3.8) is 0 Å². The lowest BCUT2D eigenvalue weighted by Crippen LogP contribution is -2.52. The van der Waals surface area contributed by atoms with Gasteiger partial charge in [0.1, 0.15) is 0 Å². The minimum Gasteiger partial charge on any atom is -0.479 e. The third kappa shape index (κ3) is 6.06. The molecule has 3 aliphatic heterocycles. The summed E-state index contributed by atoms with van der Waals surface area (Å²) in [5.74, 6) is 0.548. The number of aromatic hydroxyl groups is 1. The van der Waals surface area contributed by atoms with Crippen molar-refractivity contribution in [2.24, 2.45) is 14.1 Å². The molecule has 0 aliphatic carbocycles. The van der Waals surface area contributed by atoms with Gasteiger partial charge in [0.25, 0.3) is 11.8 Å². The van der Waals surface area contributed by atoms with Crippen LogP contribution in [0.5, 0.6) is 17.5 Å². The molecule has 2 aromatic carbocycles. The van der Waals surface area contributed by atoms with Crippen LogP contribution in [0.1, 0.15) is 37.5 Å². The molecule has 0 unspecified atom stereocenters. The summed E-state index contributed by atoms with van der Waals surface area (Å²) >= 11 is 0. The Hall–Kier alpha value is -5.73. The Bertz CT molecular complexity index is 2120. The van der Waals surface area contributed by atoms with Crippen LogP contribution in [0.4, 0.5) is 11.4 Å². The van der Waals surface area contributed by atoms with E-state index in [2.05, 4.69) is 38.2 Å². The second-order valence-electron chi connectivity index (χ2n) is 13.1. The maximum Gasteiger partial charge on any atom is 0.313 e. The molecule has 1 fully saturated rings. The zero-order valence-corrected chi connectivity index (χ0v) is 28.7. The van der Waals surface area contributed by atoms with Crippen molar-refractivity contribution in [2.75, 3.05) is 44.5 Å². The number of carbonyl (C=O) groups is 2. The number of morpholine rings is 1. The van der Waals surface area contributed by atoms with E-state index in [9.17, 15) is 14.7 Å². The Labute approximate surface area is 294 Å². The second-order valence-corrected chi connectivity index (χ2v) is 13.1. The fourth-order valence-electron chi connectivity index (χ4n) is 7.19. The summed E-state index contributed by atoms with van der Waals surface area (Å²) in [6.07, 6.45) is 6.79. The lowest BCUT2D eigenvalue weighted by molar-refractivity contribution is 0.0193. The van der Waals surface area contributed by atoms with Crippen LogP contribution in [-0.2, 0) is 31.8 Å². The van der Waals surface area contributed by atoms with Crippen LogP contribution in [0.15, 0.2) is 67.3 Å². The molecule has 8 rings (SSSR count). The van der Waals surface area contributed by atoms with E-state index in [1.165, 1.54) is 22.9 Å². The third-order valence-electron chi connectivity index (χ3n) is 10.0. The van der Waals surface area contributed by atoms with Gasteiger partial charge in [-0.1, -0.05) is 24.3 Å². The topological polar surface area (TPSA) is 140 Å². The number of ether oxygens (including phenoxy) is 3. The highest BCUT2D eigenvalue weighted by Gasteiger charge is 2.35. The predicted molar refractivity (Wildman–Crippen MR) is 186 cm³/mol. The highest BCUT2D eigenvalue weighted by Crippen LogP contribution is 2.41. The summed E-state index contributed by atoms with van der Waals surface area (Å²) in [5.41, 5.74) is 6.05. The molecule has 3 aliphatic rings. The van der Waals surface area contributed by atoms with Crippen molar-refractivity contribution in [1.82, 2.24) is 34.1 Å². The van der Waals surface area contributed by atoms with Gasteiger partial charge in [-0.2, -0.15) is 5.10 Å². The number of hydrogen-bond donors (Lipinski definition) is 1. The Kier molecular flexibility index (Phi) is 8.40. The quantitative estimate of drug-likeness (QED) is 0.268. The van der Waals surface area contributed by atoms with Crippen LogP contribution >= 0.6 is 0 Å². The van der Waals surface area contributed by atoms with E-state index in [1.54, 1.807) is 36.3 Å². The van der Waals surface area contributed by atoms with E-state index >= 15 is 0 Å². The van der Waals surface area contributed by atoms with Crippen LogP contribution in [0, 0.1) is 6.92 Å². The summed E-state index contributed by atoms with van der Waals surface area (Å²) < 4.78 is 20.7. The highest BCUT2D eigenvalue weighted by atomic mass is 16.7. The molecule has 14 heteroatoms. The first kappa shape index (κ1) is 32.5. The molecule has 5 aromatic rings. The number of rotatable bonds is 7. The van der Waals surface area contributed by atoms with Crippen molar-refractivity contribution in [2.45, 2.75) is 25.9 Å². The maximum atomic E-state index is 15.0. The smallest absolute Gasteiger partial charge is 0.313 e. The molecule has 0 spiro atoms. The normalized spacial score (nSPS) is 17.0. The van der Waals surface area contributed by atoms with Crippen LogP contribution in [-0.4, -0.2) is 96.7 Å². The number of amides is 2. The molecule has 51 heavy (non-hydrogen) atoms. The van der Waals surface area contributed by atoms with Crippen molar-refractivity contribution in [3.8, 4) is 28.8 Å². The highest BCUT2D eigenvalue weighted by molar-refractivity contribution is 6.12. The molecule has 6 heterocycles. The van der Waals surface area contributed by atoms with Gasteiger partial charge in [0, 0.05) is 69.5 Å². The minimum atomic E-state index is -0.403. The van der Waals surface area contributed by atoms with Gasteiger partial charge in [0.15, 0.2) is 11.5 Å². The SMILES string of the molecule is Cc1c(C(=O)N(c2cnc(O)nc2)c2cnn(C)c2)cc(-c2cc3c(cc2C(=O)N2Cc4ccccc4C[C@H]2CN2CCOCC2)OCO3)n1C. The van der Waals surface area contributed by atoms with Crippen LogP contribution in [0.3, 0.4) is 0 Å². The summed E-state index contributed by atoms with van der Waals surface area (Å²) in [6.45, 7) is 6.11. The second kappa shape index (κ2) is 13.2. The molecule has 1 N–H and O–H groups in total. The average molecular weight is 691 g/mol. The summed E-state index contributed by atoms with van der Waals surface area (Å²) in [7, 11) is 3.63. The number of benzene rings is 2. The number of nitrogens with zero attached hydrogens (tertiary/aromatic N) is 8. The number of anilines is 2. The van der Waals surface area contributed by atoms with Gasteiger partial charge in [-0.25, -0.2) is 9.97 Å². The first-order valence-corrected chi connectivity index (χ1v) is 16.9. The Morgan fingerprint density at radius 1 is 0.941 bits per heavy atom. The molecule has 262 valence electrons. The molecule has 0 bridgehead atoms. The van der Waals surface area contributed by atoms with Gasteiger partial charge in [-0.05, 0) is 42.7 Å². The number of carbonyl (C=O) groups excluding carboxylic acids is 2. The molecule has 3 aromatic heterocycles. The van der Waals surface area contributed by atoms with Crippen LogP contribution in [0.2, 0.25) is 0 Å². The summed E-state index contributed by atoms with van der Waals surface area (Å²) in [4.78, 5) is 43.1. The van der Waals surface area contributed by atoms with Gasteiger partial charge < -0.3 is 28.8 Å². The van der Waals surface area contributed by atoms with Crippen molar-refractivity contribution in [1.29, 1.82) is 0 Å². The monoisotopic (exact) mass is 690 g/mol. The van der Waals surface area contributed by atoms with Gasteiger partial charge >= 0.3 is 6.01 Å². The number of fused-ring (bicyclic) bond motifs is 2. The average Bonchev–Trinajstić information content (AvgIpc) is 3.87. The fraction of sp³-hybridized carbons (Fsp3) is 0.324. The molecular formula is C37H38N8O6. The lowest BCUT2D eigenvalue weighted by Gasteiger charge is -2.40. The van der Waals surface area contributed by atoms with E-state index in [1.807, 2.05) is 35.6 Å². The third-order valence-corrected chi connectivity index (χ3v) is 10.0. The number of aromatic nitrogens is 5. The first-order valence-electron chi connectivity index (χ1n) is 16.9. The zero-order chi connectivity index (χ0) is 35.2. The molecule has 2 amide bonds. The molecule has 14 nitrogen and oxygen atoms in total. The summed E-state index contributed by atoms with van der Waals surface area (Å²) in [5, 5.41) is 14.0. The maximum absolute atomic E-state index is 15.0. The van der Waals surface area contributed by atoms with Gasteiger partial charge in [0.2, 0.25) is 6.79 Å². The van der Waals surface area contributed by atoms with Crippen molar-refractivity contribution >= 4 is 23.2 Å². The number of aryl methyl sites for hydroxylation is 1. The van der Waals surface area contributed by atoms with Gasteiger partial charge in [-0.3, -0.25) is 24.1 Å². The Balaban J connectivity index is 1.20. The lowest BCUT2D eigenvalue weighted by atomic mass is 9.92. The van der Waals surface area contributed by atoms with E-state index in [4.69, 9.17) is 14.2 Å². The summed E-state index contributed by atoms with van der Waals surface area (Å²) in [6, 6.07) is 13.3.